The second-order valence-corrected chi connectivity index (χ2v) is 17.3. The Kier molecular flexibility index (Phi) is 7.36. The van der Waals surface area contributed by atoms with Gasteiger partial charge in [0.25, 0.3) is 0 Å². The number of esters is 1. The molecule has 0 spiro atoms. The number of carbonyl (C=O) groups is 1. The highest BCUT2D eigenvalue weighted by atomic mass is 16.5. The van der Waals surface area contributed by atoms with E-state index in [4.69, 9.17) is 4.74 Å². The van der Waals surface area contributed by atoms with Crippen LogP contribution in [0.5, 0.6) is 0 Å². The summed E-state index contributed by atoms with van der Waals surface area (Å²) in [5, 5.41) is 11.1. The summed E-state index contributed by atoms with van der Waals surface area (Å²) in [6.07, 6.45) is 11.5. The van der Waals surface area contributed by atoms with Crippen LogP contribution in [0, 0.1) is 77.4 Å². The number of nitrogens with zero attached hydrogens (tertiary/aromatic N) is 2. The zero-order valence-corrected chi connectivity index (χ0v) is 28.6. The molecule has 0 saturated heterocycles. The highest BCUT2D eigenvalue weighted by Crippen LogP contribution is 2.77. The van der Waals surface area contributed by atoms with Crippen molar-refractivity contribution in [2.45, 2.75) is 133 Å². The van der Waals surface area contributed by atoms with Crippen molar-refractivity contribution in [2.75, 3.05) is 6.61 Å². The lowest BCUT2D eigenvalue weighted by atomic mass is 9.32. The molecule has 5 aliphatic carbocycles. The van der Waals surface area contributed by atoms with Crippen LogP contribution in [0.1, 0.15) is 133 Å². The molecule has 5 nitrogen and oxygen atoms in total. The van der Waals surface area contributed by atoms with E-state index in [1.807, 2.05) is 20.8 Å². The van der Waals surface area contributed by atoms with Crippen molar-refractivity contribution in [3.63, 3.8) is 0 Å². The molecule has 5 aliphatic rings. The van der Waals surface area contributed by atoms with E-state index in [1.165, 1.54) is 37.7 Å². The van der Waals surface area contributed by atoms with E-state index in [-0.39, 0.29) is 39.1 Å². The van der Waals surface area contributed by atoms with Gasteiger partial charge in [-0.1, -0.05) is 46.8 Å². The van der Waals surface area contributed by atoms with E-state index in [0.29, 0.717) is 47.6 Å². The predicted molar refractivity (Wildman–Crippen MR) is 172 cm³/mol. The van der Waals surface area contributed by atoms with Gasteiger partial charge in [0.15, 0.2) is 5.69 Å². The SMILES string of the molecule is C=C(C)[C@@H]1CC[C@]2(COC(=O)c3nc(C)c(C)nc3C)CC[C@]3(C)[C@H](CC[C@@H]4[C@@]5(C)CC[C@H](O)C(C)(C)[C@@H]5CC[C@]43C)[C@@H]12. The Labute approximate surface area is 261 Å². The van der Waals surface area contributed by atoms with E-state index in [0.717, 1.165) is 43.5 Å². The second kappa shape index (κ2) is 10.1. The van der Waals surface area contributed by atoms with Crippen molar-refractivity contribution in [1.29, 1.82) is 0 Å². The van der Waals surface area contributed by atoms with Gasteiger partial charge < -0.3 is 9.84 Å². The highest BCUT2D eigenvalue weighted by Gasteiger charge is 2.71. The lowest BCUT2D eigenvalue weighted by Gasteiger charge is -2.73. The number of hydrogen-bond acceptors (Lipinski definition) is 5. The largest absolute Gasteiger partial charge is 0.460 e. The predicted octanol–water partition coefficient (Wildman–Crippen LogP) is 8.58. The van der Waals surface area contributed by atoms with Gasteiger partial charge in [-0.2, -0.15) is 0 Å². The van der Waals surface area contributed by atoms with E-state index in [1.54, 1.807) is 0 Å². The Morgan fingerprint density at radius 2 is 1.53 bits per heavy atom. The van der Waals surface area contributed by atoms with E-state index in [2.05, 4.69) is 58.1 Å². The van der Waals surface area contributed by atoms with Gasteiger partial charge in [0, 0.05) is 5.41 Å². The van der Waals surface area contributed by atoms with Crippen molar-refractivity contribution in [3.8, 4) is 0 Å². The van der Waals surface area contributed by atoms with E-state index in [9.17, 15) is 9.90 Å². The molecule has 1 heterocycles. The molecule has 10 atom stereocenters. The molecule has 5 heteroatoms. The Hall–Kier alpha value is -1.75. The van der Waals surface area contributed by atoms with Gasteiger partial charge in [-0.25, -0.2) is 9.78 Å². The molecule has 0 bridgehead atoms. The molecule has 43 heavy (non-hydrogen) atoms. The molecule has 5 saturated carbocycles. The van der Waals surface area contributed by atoms with Crippen LogP contribution >= 0.6 is 0 Å². The summed E-state index contributed by atoms with van der Waals surface area (Å²) in [5.74, 6) is 2.54. The van der Waals surface area contributed by atoms with Crippen LogP contribution in [0.3, 0.4) is 0 Å². The quantitative estimate of drug-likeness (QED) is 0.281. The first-order chi connectivity index (χ1) is 20.0. The number of aryl methyl sites for hydroxylation is 3. The average Bonchev–Trinajstić information content (AvgIpc) is 3.32. The Balaban J connectivity index is 1.31. The summed E-state index contributed by atoms with van der Waals surface area (Å²) < 4.78 is 6.25. The summed E-state index contributed by atoms with van der Waals surface area (Å²) in [7, 11) is 0. The molecule has 0 radical (unpaired) electrons. The van der Waals surface area contributed by atoms with Crippen LogP contribution in [0.4, 0.5) is 0 Å². The third-order valence-corrected chi connectivity index (χ3v) is 15.4. The number of carbonyl (C=O) groups excluding carboxylic acids is 1. The van der Waals surface area contributed by atoms with Crippen molar-refractivity contribution >= 4 is 5.97 Å². The molecule has 5 fully saturated rings. The maximum absolute atomic E-state index is 13.4. The molecule has 238 valence electrons. The van der Waals surface area contributed by atoms with Crippen LogP contribution in [0.25, 0.3) is 0 Å². The summed E-state index contributed by atoms with van der Waals surface area (Å²) in [6.45, 7) is 25.6. The van der Waals surface area contributed by atoms with Gasteiger partial charge in [0.1, 0.15) is 0 Å². The van der Waals surface area contributed by atoms with Gasteiger partial charge in [-0.15, -0.1) is 0 Å². The molecule has 1 aromatic heterocycles. The zero-order chi connectivity index (χ0) is 31.3. The van der Waals surface area contributed by atoms with Crippen LogP contribution in [-0.2, 0) is 4.74 Å². The zero-order valence-electron chi connectivity index (χ0n) is 28.6. The number of hydrogen-bond donors (Lipinski definition) is 1. The van der Waals surface area contributed by atoms with Gasteiger partial charge in [-0.05, 0) is 143 Å². The van der Waals surface area contributed by atoms with Crippen molar-refractivity contribution < 1.29 is 14.6 Å². The molecule has 1 aromatic rings. The van der Waals surface area contributed by atoms with Crippen LogP contribution in [0.2, 0.25) is 0 Å². The van der Waals surface area contributed by atoms with E-state index >= 15 is 0 Å². The van der Waals surface area contributed by atoms with E-state index < -0.39 is 0 Å². The van der Waals surface area contributed by atoms with Crippen LogP contribution in [-0.4, -0.2) is 33.8 Å². The Bertz CT molecular complexity index is 1320. The van der Waals surface area contributed by atoms with Crippen LogP contribution < -0.4 is 0 Å². The number of ether oxygens (including phenoxy) is 1. The first-order valence-electron chi connectivity index (χ1n) is 17.3. The average molecular weight is 591 g/mol. The van der Waals surface area contributed by atoms with Crippen molar-refractivity contribution in [2.24, 2.45) is 56.7 Å². The van der Waals surface area contributed by atoms with Gasteiger partial charge in [0.05, 0.1) is 29.8 Å². The summed E-state index contributed by atoms with van der Waals surface area (Å²) in [5.41, 5.74) is 4.76. The van der Waals surface area contributed by atoms with Gasteiger partial charge >= 0.3 is 5.97 Å². The molecule has 6 rings (SSSR count). The Morgan fingerprint density at radius 3 is 2.23 bits per heavy atom. The normalized spacial score (nSPS) is 44.9. The molecular formula is C38H58N2O3. The van der Waals surface area contributed by atoms with Gasteiger partial charge in [-0.3, -0.25) is 4.98 Å². The topological polar surface area (TPSA) is 72.3 Å². The van der Waals surface area contributed by atoms with Crippen LogP contribution in [0.15, 0.2) is 12.2 Å². The number of aliphatic hydroxyl groups is 1. The third kappa shape index (κ3) is 4.28. The molecular weight excluding hydrogens is 532 g/mol. The van der Waals surface area contributed by atoms with Crippen molar-refractivity contribution in [3.05, 3.63) is 34.9 Å². The fourth-order valence-electron chi connectivity index (χ4n) is 12.7. The first-order valence-corrected chi connectivity index (χ1v) is 17.3. The number of allylic oxidation sites excluding steroid dienone is 1. The number of aromatic nitrogens is 2. The maximum Gasteiger partial charge on any atom is 0.358 e. The molecule has 0 unspecified atom stereocenters. The number of aliphatic hydroxyl groups excluding tert-OH is 1. The Morgan fingerprint density at radius 1 is 0.837 bits per heavy atom. The lowest BCUT2D eigenvalue weighted by molar-refractivity contribution is -0.249. The molecule has 0 aromatic carbocycles. The number of fused-ring (bicyclic) bond motifs is 7. The standard InChI is InChI=1S/C38H58N2O3/c1-22(2)26-13-18-38(21-43-33(42)32-25(5)39-23(3)24(4)40-32)20-19-36(9)27(31(26)38)11-12-29-35(8)16-15-30(41)34(6,7)28(35)14-17-37(29,36)10/h26-31,41H,1,11-21H2,2-10H3/t26-,27+,28-,29+,30-,31+,35-,36+,37+,38+/m0/s1. The minimum Gasteiger partial charge on any atom is -0.460 e. The minimum absolute atomic E-state index is 0.00572. The smallest absolute Gasteiger partial charge is 0.358 e. The fraction of sp³-hybridized carbons (Fsp3) is 0.816. The highest BCUT2D eigenvalue weighted by molar-refractivity contribution is 5.88. The maximum atomic E-state index is 13.4. The molecule has 0 aliphatic heterocycles. The first kappa shape index (κ1) is 31.2. The summed E-state index contributed by atoms with van der Waals surface area (Å²) >= 11 is 0. The van der Waals surface area contributed by atoms with Crippen molar-refractivity contribution in [1.82, 2.24) is 9.97 Å². The summed E-state index contributed by atoms with van der Waals surface area (Å²) in [4.78, 5) is 22.6. The number of rotatable bonds is 4. The van der Waals surface area contributed by atoms with Gasteiger partial charge in [0.2, 0.25) is 0 Å². The third-order valence-electron chi connectivity index (χ3n) is 15.4. The monoisotopic (exact) mass is 590 g/mol. The lowest BCUT2D eigenvalue weighted by Crippen LogP contribution is -2.66. The second-order valence-electron chi connectivity index (χ2n) is 17.3. The summed E-state index contributed by atoms with van der Waals surface area (Å²) in [6, 6.07) is 0. The minimum atomic E-state index is -0.322. The molecule has 1 N–H and O–H groups in total. The fourth-order valence-corrected chi connectivity index (χ4v) is 12.7. The molecule has 0 amide bonds.